The standard InChI is InChI=1S/C29H25N3O4/c33-21-10-8-19(9-11-21)29(36)32-16-23-20(13-17-5-4-12-30-15-17)14-22-25(28(35)31-27(22)34)24(23)26(32)18-6-2-1-3-7-18/h1-12,15,24,26,31,33-35H,13-14,16H2. The number of carbonyl (C=O) groups is 1. The summed E-state index contributed by atoms with van der Waals surface area (Å²) in [6, 6.07) is 19.6. The molecule has 180 valence electrons. The normalized spacial score (nSPS) is 18.7. The predicted molar refractivity (Wildman–Crippen MR) is 134 cm³/mol. The van der Waals surface area contributed by atoms with Gasteiger partial charge in [-0.1, -0.05) is 42.0 Å². The van der Waals surface area contributed by atoms with Gasteiger partial charge in [0.05, 0.1) is 6.04 Å². The number of aromatic amines is 1. The van der Waals surface area contributed by atoms with Crippen LogP contribution in [0.1, 0.15) is 44.6 Å². The van der Waals surface area contributed by atoms with E-state index in [1.54, 1.807) is 18.3 Å². The van der Waals surface area contributed by atoms with Crippen molar-refractivity contribution in [1.82, 2.24) is 14.9 Å². The minimum Gasteiger partial charge on any atom is -0.508 e. The lowest BCUT2D eigenvalue weighted by atomic mass is 9.75. The Hall–Kier alpha value is -4.52. The van der Waals surface area contributed by atoms with Crippen molar-refractivity contribution in [1.29, 1.82) is 0 Å². The number of aromatic hydroxyl groups is 3. The second-order valence-electron chi connectivity index (χ2n) is 9.37. The lowest BCUT2D eigenvalue weighted by molar-refractivity contribution is 0.0730. The Morgan fingerprint density at radius 2 is 1.75 bits per heavy atom. The van der Waals surface area contributed by atoms with Gasteiger partial charge in [0.15, 0.2) is 11.8 Å². The Bertz CT molecular complexity index is 1460. The zero-order valence-electron chi connectivity index (χ0n) is 19.4. The largest absolute Gasteiger partial charge is 0.508 e. The molecule has 6 rings (SSSR count). The minimum absolute atomic E-state index is 0.0413. The zero-order chi connectivity index (χ0) is 24.8. The van der Waals surface area contributed by atoms with Crippen molar-refractivity contribution in [2.45, 2.75) is 24.8 Å². The third kappa shape index (κ3) is 3.60. The zero-order valence-corrected chi connectivity index (χ0v) is 19.4. The molecule has 1 saturated heterocycles. The number of amides is 1. The van der Waals surface area contributed by atoms with E-state index in [1.807, 2.05) is 53.6 Å². The van der Waals surface area contributed by atoms with Crippen molar-refractivity contribution >= 4 is 5.91 Å². The predicted octanol–water partition coefficient (Wildman–Crippen LogP) is 4.60. The molecule has 1 fully saturated rings. The number of fused-ring (bicyclic) bond motifs is 3. The second-order valence-corrected chi connectivity index (χ2v) is 9.37. The van der Waals surface area contributed by atoms with Crippen LogP contribution in [0.25, 0.3) is 0 Å². The van der Waals surface area contributed by atoms with E-state index in [-0.39, 0.29) is 35.4 Å². The first-order valence-corrected chi connectivity index (χ1v) is 11.9. The van der Waals surface area contributed by atoms with Crippen molar-refractivity contribution in [2.75, 3.05) is 6.54 Å². The van der Waals surface area contributed by atoms with Gasteiger partial charge in [-0.25, -0.2) is 0 Å². The highest BCUT2D eigenvalue weighted by Crippen LogP contribution is 2.56. The van der Waals surface area contributed by atoms with Crippen LogP contribution in [0, 0.1) is 0 Å². The molecule has 7 nitrogen and oxygen atoms in total. The van der Waals surface area contributed by atoms with Crippen molar-refractivity contribution < 1.29 is 20.1 Å². The second kappa shape index (κ2) is 8.61. The fraction of sp³-hybridized carbons (Fsp3) is 0.172. The molecule has 0 radical (unpaired) electrons. The molecule has 4 aromatic rings. The van der Waals surface area contributed by atoms with Crippen LogP contribution < -0.4 is 0 Å². The smallest absolute Gasteiger partial charge is 0.254 e. The van der Waals surface area contributed by atoms with Crippen LogP contribution in [0.5, 0.6) is 17.5 Å². The van der Waals surface area contributed by atoms with Gasteiger partial charge in [-0.2, -0.15) is 0 Å². The quantitative estimate of drug-likeness (QED) is 0.320. The molecule has 4 N–H and O–H groups in total. The molecule has 0 bridgehead atoms. The Balaban J connectivity index is 1.53. The SMILES string of the molecule is O=C(c1ccc(O)cc1)N1CC2=C(Cc3cccnc3)Cc3c(O)[nH]c(O)c3C2C1c1ccccc1. The molecule has 1 amide bonds. The van der Waals surface area contributed by atoms with E-state index in [0.29, 0.717) is 36.1 Å². The third-order valence-corrected chi connectivity index (χ3v) is 7.28. The van der Waals surface area contributed by atoms with Crippen molar-refractivity contribution in [2.24, 2.45) is 0 Å². The highest BCUT2D eigenvalue weighted by molar-refractivity contribution is 5.95. The molecule has 2 unspecified atom stereocenters. The van der Waals surface area contributed by atoms with E-state index in [1.165, 1.54) is 12.1 Å². The number of hydrogen-bond donors (Lipinski definition) is 4. The summed E-state index contributed by atoms with van der Waals surface area (Å²) in [5.74, 6) is -0.487. The topological polar surface area (TPSA) is 110 Å². The number of rotatable bonds is 4. The monoisotopic (exact) mass is 479 g/mol. The Morgan fingerprint density at radius 3 is 2.47 bits per heavy atom. The molecule has 2 aliphatic rings. The van der Waals surface area contributed by atoms with Crippen LogP contribution in [0.4, 0.5) is 0 Å². The molecular formula is C29H25N3O4. The van der Waals surface area contributed by atoms with Crippen molar-refractivity contribution in [3.05, 3.63) is 118 Å². The highest BCUT2D eigenvalue weighted by atomic mass is 16.3. The van der Waals surface area contributed by atoms with E-state index >= 15 is 0 Å². The van der Waals surface area contributed by atoms with E-state index < -0.39 is 0 Å². The number of nitrogens with one attached hydrogen (secondary N) is 1. The number of phenolic OH excluding ortho intramolecular Hbond substituents is 1. The highest BCUT2D eigenvalue weighted by Gasteiger charge is 2.48. The van der Waals surface area contributed by atoms with Gasteiger partial charge in [0, 0.05) is 41.5 Å². The number of hydrogen-bond acceptors (Lipinski definition) is 5. The number of H-pyrrole nitrogens is 1. The molecule has 7 heteroatoms. The van der Waals surface area contributed by atoms with Crippen molar-refractivity contribution in [3.63, 3.8) is 0 Å². The first kappa shape index (κ1) is 22.0. The summed E-state index contributed by atoms with van der Waals surface area (Å²) in [6.45, 7) is 0.393. The minimum atomic E-state index is -0.383. The van der Waals surface area contributed by atoms with E-state index in [0.717, 1.165) is 22.3 Å². The Labute approximate surface area is 208 Å². The summed E-state index contributed by atoms with van der Waals surface area (Å²) in [6.07, 6.45) is 4.67. The first-order valence-electron chi connectivity index (χ1n) is 11.9. The fourth-order valence-corrected chi connectivity index (χ4v) is 5.70. The number of pyridine rings is 1. The summed E-state index contributed by atoms with van der Waals surface area (Å²) in [5, 5.41) is 31.2. The van der Waals surface area contributed by atoms with Crippen LogP contribution in [0.15, 0.2) is 90.3 Å². The lowest BCUT2D eigenvalue weighted by Gasteiger charge is -2.30. The fourth-order valence-electron chi connectivity index (χ4n) is 5.70. The summed E-state index contributed by atoms with van der Waals surface area (Å²) in [5.41, 5.74) is 5.95. The maximum Gasteiger partial charge on any atom is 0.254 e. The molecule has 36 heavy (non-hydrogen) atoms. The number of likely N-dealkylation sites (tertiary alicyclic amines) is 1. The van der Waals surface area contributed by atoms with Crippen LogP contribution in [-0.2, 0) is 12.8 Å². The van der Waals surface area contributed by atoms with Crippen LogP contribution in [-0.4, -0.2) is 42.6 Å². The molecule has 1 aliphatic heterocycles. The summed E-state index contributed by atoms with van der Waals surface area (Å²) >= 11 is 0. The van der Waals surface area contributed by atoms with Gasteiger partial charge < -0.3 is 20.2 Å². The molecule has 2 aromatic heterocycles. The molecular weight excluding hydrogens is 454 g/mol. The van der Waals surface area contributed by atoms with Crippen LogP contribution >= 0.6 is 0 Å². The summed E-state index contributed by atoms with van der Waals surface area (Å²) in [7, 11) is 0. The van der Waals surface area contributed by atoms with E-state index in [2.05, 4.69) is 9.97 Å². The number of benzene rings is 2. The Morgan fingerprint density at radius 1 is 0.972 bits per heavy atom. The Kier molecular flexibility index (Phi) is 5.25. The maximum absolute atomic E-state index is 13.8. The van der Waals surface area contributed by atoms with Gasteiger partial charge in [0.2, 0.25) is 0 Å². The average Bonchev–Trinajstić information content (AvgIpc) is 3.42. The first-order chi connectivity index (χ1) is 17.5. The van der Waals surface area contributed by atoms with E-state index in [4.69, 9.17) is 0 Å². The summed E-state index contributed by atoms with van der Waals surface area (Å²) < 4.78 is 0. The van der Waals surface area contributed by atoms with Gasteiger partial charge in [-0.3, -0.25) is 14.8 Å². The number of aromatic nitrogens is 2. The van der Waals surface area contributed by atoms with Gasteiger partial charge in [-0.05, 0) is 59.9 Å². The summed E-state index contributed by atoms with van der Waals surface area (Å²) in [4.78, 5) is 22.6. The number of allylic oxidation sites excluding steroid dienone is 1. The lowest BCUT2D eigenvalue weighted by Crippen LogP contribution is -2.31. The molecule has 0 saturated carbocycles. The molecule has 0 spiro atoms. The van der Waals surface area contributed by atoms with Crippen LogP contribution in [0.3, 0.4) is 0 Å². The number of phenols is 1. The number of carbonyl (C=O) groups excluding carboxylic acids is 1. The molecule has 2 aromatic carbocycles. The number of nitrogens with zero attached hydrogens (tertiary/aromatic N) is 2. The maximum atomic E-state index is 13.8. The van der Waals surface area contributed by atoms with Gasteiger partial charge in [0.1, 0.15) is 5.75 Å². The average molecular weight is 480 g/mol. The van der Waals surface area contributed by atoms with E-state index in [9.17, 15) is 20.1 Å². The molecule has 1 aliphatic carbocycles. The van der Waals surface area contributed by atoms with Gasteiger partial charge in [0.25, 0.3) is 5.91 Å². The van der Waals surface area contributed by atoms with Gasteiger partial charge >= 0.3 is 0 Å². The van der Waals surface area contributed by atoms with Gasteiger partial charge in [-0.15, -0.1) is 0 Å². The third-order valence-electron chi connectivity index (χ3n) is 7.28. The molecule has 3 heterocycles. The molecule has 2 atom stereocenters. The van der Waals surface area contributed by atoms with Crippen LogP contribution in [0.2, 0.25) is 0 Å². The van der Waals surface area contributed by atoms with Crippen molar-refractivity contribution in [3.8, 4) is 17.5 Å².